The predicted molar refractivity (Wildman–Crippen MR) is 83.9 cm³/mol. The van der Waals surface area contributed by atoms with Crippen molar-refractivity contribution in [3.05, 3.63) is 29.3 Å². The Kier molecular flexibility index (Phi) is 4.64. The first-order valence-corrected chi connectivity index (χ1v) is 7.97. The minimum atomic E-state index is -0.467. The zero-order chi connectivity index (χ0) is 15.5. The maximum absolute atomic E-state index is 12.3. The predicted octanol–water partition coefficient (Wildman–Crippen LogP) is 1.94. The molecule has 3 rings (SSSR count). The minimum absolute atomic E-state index is 0.340. The van der Waals surface area contributed by atoms with E-state index in [2.05, 4.69) is 0 Å². The van der Waals surface area contributed by atoms with Crippen molar-refractivity contribution in [2.45, 2.75) is 12.8 Å². The highest BCUT2D eigenvalue weighted by Crippen LogP contribution is 2.22. The summed E-state index contributed by atoms with van der Waals surface area (Å²) in [5, 5.41) is 0.610. The maximum Gasteiger partial charge on any atom is 0.316 e. The Balaban J connectivity index is 1.65. The molecule has 1 aromatic rings. The zero-order valence-corrected chi connectivity index (χ0v) is 13.1. The van der Waals surface area contributed by atoms with Gasteiger partial charge in [-0.2, -0.15) is 0 Å². The van der Waals surface area contributed by atoms with E-state index in [1.165, 1.54) is 4.90 Å². The van der Waals surface area contributed by atoms with Crippen molar-refractivity contribution < 1.29 is 14.3 Å². The van der Waals surface area contributed by atoms with E-state index in [1.54, 1.807) is 29.2 Å². The molecule has 2 aliphatic rings. The molecule has 1 unspecified atom stereocenters. The number of hydrogen-bond donors (Lipinski definition) is 0. The Morgan fingerprint density at radius 3 is 2.59 bits per heavy atom. The summed E-state index contributed by atoms with van der Waals surface area (Å²) in [5.41, 5.74) is 0.711. The van der Waals surface area contributed by atoms with Crippen molar-refractivity contribution in [3.8, 4) is 0 Å². The van der Waals surface area contributed by atoms with Crippen molar-refractivity contribution in [1.82, 2.24) is 4.90 Å². The van der Waals surface area contributed by atoms with Gasteiger partial charge in [-0.3, -0.25) is 9.59 Å². The molecule has 6 heteroatoms. The molecule has 0 radical (unpaired) electrons. The van der Waals surface area contributed by atoms with Gasteiger partial charge in [0.2, 0.25) is 0 Å². The Bertz CT molecular complexity index is 555. The fraction of sp³-hybridized carbons (Fsp3) is 0.500. The van der Waals surface area contributed by atoms with Gasteiger partial charge in [-0.05, 0) is 43.0 Å². The first-order chi connectivity index (χ1) is 10.6. The summed E-state index contributed by atoms with van der Waals surface area (Å²) in [6, 6.07) is 6.97. The van der Waals surface area contributed by atoms with Crippen LogP contribution in [0, 0.1) is 5.92 Å². The topological polar surface area (TPSA) is 49.9 Å². The Morgan fingerprint density at radius 2 is 1.91 bits per heavy atom. The molecular weight excluding hydrogens is 304 g/mol. The Hall–Kier alpha value is -1.59. The van der Waals surface area contributed by atoms with Crippen LogP contribution < -0.4 is 4.90 Å². The van der Waals surface area contributed by atoms with Crippen molar-refractivity contribution in [1.29, 1.82) is 0 Å². The molecule has 1 atom stereocenters. The highest BCUT2D eigenvalue weighted by atomic mass is 35.5. The van der Waals surface area contributed by atoms with Crippen LogP contribution >= 0.6 is 11.6 Å². The van der Waals surface area contributed by atoms with Gasteiger partial charge >= 0.3 is 11.8 Å². The highest BCUT2D eigenvalue weighted by Gasteiger charge is 2.34. The number of rotatable bonds is 3. The van der Waals surface area contributed by atoms with Crippen molar-refractivity contribution in [3.63, 3.8) is 0 Å². The minimum Gasteiger partial charge on any atom is -0.381 e. The third kappa shape index (κ3) is 3.25. The van der Waals surface area contributed by atoms with Crippen LogP contribution in [-0.4, -0.2) is 49.6 Å². The number of carbonyl (C=O) groups is 2. The normalized spacial score (nSPS) is 23.0. The van der Waals surface area contributed by atoms with Gasteiger partial charge in [0.25, 0.3) is 0 Å². The van der Waals surface area contributed by atoms with Crippen LogP contribution in [0.5, 0.6) is 0 Å². The van der Waals surface area contributed by atoms with Gasteiger partial charge in [0.15, 0.2) is 0 Å². The van der Waals surface area contributed by atoms with Crippen LogP contribution in [0.15, 0.2) is 24.3 Å². The van der Waals surface area contributed by atoms with E-state index in [0.29, 0.717) is 42.9 Å². The van der Waals surface area contributed by atoms with Crippen LogP contribution in [0.2, 0.25) is 5.02 Å². The average molecular weight is 323 g/mol. The lowest BCUT2D eigenvalue weighted by atomic mass is 10.0. The Morgan fingerprint density at radius 1 is 1.14 bits per heavy atom. The molecule has 2 heterocycles. The lowest BCUT2D eigenvalue weighted by Gasteiger charge is -2.36. The average Bonchev–Trinajstić information content (AvgIpc) is 2.54. The second-order valence-corrected chi connectivity index (χ2v) is 6.20. The number of halogens is 1. The van der Waals surface area contributed by atoms with Crippen LogP contribution in [0.1, 0.15) is 12.8 Å². The van der Waals surface area contributed by atoms with Crippen LogP contribution in [0.3, 0.4) is 0 Å². The maximum atomic E-state index is 12.3. The molecule has 5 nitrogen and oxygen atoms in total. The second kappa shape index (κ2) is 6.67. The molecule has 22 heavy (non-hydrogen) atoms. The van der Waals surface area contributed by atoms with Crippen LogP contribution in [-0.2, 0) is 14.3 Å². The van der Waals surface area contributed by atoms with E-state index >= 15 is 0 Å². The molecule has 0 spiro atoms. The second-order valence-electron chi connectivity index (χ2n) is 5.77. The molecule has 0 aromatic heterocycles. The van der Waals surface area contributed by atoms with E-state index < -0.39 is 11.8 Å². The van der Waals surface area contributed by atoms with E-state index in [1.807, 2.05) is 0 Å². The largest absolute Gasteiger partial charge is 0.381 e. The molecule has 2 fully saturated rings. The van der Waals surface area contributed by atoms with Crippen molar-refractivity contribution in [2.24, 2.45) is 5.92 Å². The first kappa shape index (κ1) is 15.3. The summed E-state index contributed by atoms with van der Waals surface area (Å²) in [7, 11) is 0. The molecule has 0 aliphatic carbocycles. The SMILES string of the molecule is O=C1C(=O)N(c2ccc(Cl)cc2)CCN1CC1CCCOC1. The standard InChI is InChI=1S/C16H19ClN2O3/c17-13-3-5-14(6-4-13)19-8-7-18(15(20)16(19)21)10-12-2-1-9-22-11-12/h3-6,12H,1-2,7-11H2. The van der Waals surface area contributed by atoms with Gasteiger partial charge in [-0.25, -0.2) is 0 Å². The lowest BCUT2D eigenvalue weighted by Crippen LogP contribution is -2.55. The molecule has 118 valence electrons. The van der Waals surface area contributed by atoms with Gasteiger partial charge in [-0.1, -0.05) is 11.6 Å². The summed E-state index contributed by atoms with van der Waals surface area (Å²) >= 11 is 5.86. The third-order valence-electron chi connectivity index (χ3n) is 4.18. The van der Waals surface area contributed by atoms with Crippen LogP contribution in [0.4, 0.5) is 5.69 Å². The number of nitrogens with zero attached hydrogens (tertiary/aromatic N) is 2. The summed E-state index contributed by atoms with van der Waals surface area (Å²) in [6.07, 6.45) is 2.08. The molecule has 0 saturated carbocycles. The summed E-state index contributed by atoms with van der Waals surface area (Å²) < 4.78 is 5.44. The fourth-order valence-corrected chi connectivity index (χ4v) is 3.11. The summed E-state index contributed by atoms with van der Waals surface area (Å²) in [6.45, 7) is 3.16. The lowest BCUT2D eigenvalue weighted by molar-refractivity contribution is -0.147. The number of ether oxygens (including phenoxy) is 1. The molecule has 2 amide bonds. The third-order valence-corrected chi connectivity index (χ3v) is 4.43. The van der Waals surface area contributed by atoms with E-state index in [-0.39, 0.29) is 0 Å². The molecule has 0 N–H and O–H groups in total. The Labute approximate surface area is 134 Å². The zero-order valence-electron chi connectivity index (χ0n) is 12.3. The molecule has 1 aromatic carbocycles. The van der Waals surface area contributed by atoms with E-state index in [4.69, 9.17) is 16.3 Å². The number of hydrogen-bond acceptors (Lipinski definition) is 3. The van der Waals surface area contributed by atoms with Gasteiger partial charge in [0.1, 0.15) is 0 Å². The van der Waals surface area contributed by atoms with E-state index in [9.17, 15) is 9.59 Å². The molecule has 0 bridgehead atoms. The van der Waals surface area contributed by atoms with Gasteiger partial charge in [0, 0.05) is 37.0 Å². The van der Waals surface area contributed by atoms with Crippen molar-refractivity contribution >= 4 is 29.1 Å². The number of carbonyl (C=O) groups excluding carboxylic acids is 2. The molecule has 2 saturated heterocycles. The van der Waals surface area contributed by atoms with Gasteiger partial charge < -0.3 is 14.5 Å². The van der Waals surface area contributed by atoms with Gasteiger partial charge in [-0.15, -0.1) is 0 Å². The van der Waals surface area contributed by atoms with Crippen LogP contribution in [0.25, 0.3) is 0 Å². The highest BCUT2D eigenvalue weighted by molar-refractivity contribution is 6.41. The summed E-state index contributed by atoms with van der Waals surface area (Å²) in [4.78, 5) is 27.8. The number of piperazine rings is 1. The first-order valence-electron chi connectivity index (χ1n) is 7.59. The van der Waals surface area contributed by atoms with E-state index in [0.717, 1.165) is 19.4 Å². The number of amides is 2. The molecular formula is C16H19ClN2O3. The quantitative estimate of drug-likeness (QED) is 0.799. The number of benzene rings is 1. The fourth-order valence-electron chi connectivity index (χ4n) is 2.98. The monoisotopic (exact) mass is 322 g/mol. The van der Waals surface area contributed by atoms with Gasteiger partial charge in [0.05, 0.1) is 6.61 Å². The molecule has 2 aliphatic heterocycles. The number of anilines is 1. The van der Waals surface area contributed by atoms with Crippen molar-refractivity contribution in [2.75, 3.05) is 37.7 Å². The summed E-state index contributed by atoms with van der Waals surface area (Å²) in [5.74, 6) is -0.551. The smallest absolute Gasteiger partial charge is 0.316 e.